The highest BCUT2D eigenvalue weighted by atomic mass is 32.1. The number of hydrogen-bond donors (Lipinski definition) is 1. The van der Waals surface area contributed by atoms with Crippen LogP contribution < -0.4 is 14.8 Å². The summed E-state index contributed by atoms with van der Waals surface area (Å²) in [5, 5.41) is 3.61. The van der Waals surface area contributed by atoms with Crippen molar-refractivity contribution in [2.45, 2.75) is 70.4 Å². The van der Waals surface area contributed by atoms with Gasteiger partial charge in [-0.25, -0.2) is 13.8 Å². The number of nitrogens with zero attached hydrogens (tertiary/aromatic N) is 2. The average molecular weight is 506 g/mol. The van der Waals surface area contributed by atoms with Crippen molar-refractivity contribution in [2.75, 3.05) is 26.3 Å². The van der Waals surface area contributed by atoms with Crippen LogP contribution in [0.15, 0.2) is 18.2 Å². The summed E-state index contributed by atoms with van der Waals surface area (Å²) in [5.41, 5.74) is 2.76. The Morgan fingerprint density at radius 3 is 2.91 bits per heavy atom. The zero-order valence-corrected chi connectivity index (χ0v) is 21.0. The molecule has 1 aromatic heterocycles. The van der Waals surface area contributed by atoms with E-state index in [0.29, 0.717) is 17.7 Å². The molecule has 0 radical (unpaired) electrons. The number of ether oxygens (including phenoxy) is 2. The number of carbonyl (C=O) groups excluding carboxylic acids is 1. The Kier molecular flexibility index (Phi) is 7.25. The molecule has 35 heavy (non-hydrogen) atoms. The van der Waals surface area contributed by atoms with Gasteiger partial charge < -0.3 is 14.8 Å². The second-order valence-electron chi connectivity index (χ2n) is 10.1. The van der Waals surface area contributed by atoms with Gasteiger partial charge in [-0.15, -0.1) is 0 Å². The fourth-order valence-electron chi connectivity index (χ4n) is 5.33. The molecular formula is C26H33F2N3O3S. The lowest BCUT2D eigenvalue weighted by Gasteiger charge is -2.32. The number of rotatable bonds is 8. The summed E-state index contributed by atoms with van der Waals surface area (Å²) in [7, 11) is 0. The summed E-state index contributed by atoms with van der Waals surface area (Å²) >= 11 is 1.40. The molecule has 1 saturated carbocycles. The van der Waals surface area contributed by atoms with Crippen LogP contribution in [-0.2, 0) is 19.4 Å². The molecule has 0 spiro atoms. The number of carbonyl (C=O) groups is 1. The first kappa shape index (κ1) is 24.4. The molecule has 1 amide bonds. The van der Waals surface area contributed by atoms with Gasteiger partial charge in [-0.3, -0.25) is 9.69 Å². The van der Waals surface area contributed by atoms with E-state index in [1.54, 1.807) is 0 Å². The zero-order chi connectivity index (χ0) is 24.4. The summed E-state index contributed by atoms with van der Waals surface area (Å²) < 4.78 is 36.9. The van der Waals surface area contributed by atoms with Gasteiger partial charge in [-0.05, 0) is 63.1 Å². The van der Waals surface area contributed by atoms with Gasteiger partial charge in [-0.2, -0.15) is 0 Å². The lowest BCUT2D eigenvalue weighted by molar-refractivity contribution is -0.0230. The Labute approximate surface area is 209 Å². The maximum Gasteiger partial charge on any atom is 0.278 e. The largest absolute Gasteiger partial charge is 0.493 e. The Balaban J connectivity index is 1.04. The number of nitrogens with one attached hydrogen (secondary N) is 1. The van der Waals surface area contributed by atoms with Crippen LogP contribution in [0.5, 0.6) is 10.9 Å². The number of halogens is 2. The predicted molar refractivity (Wildman–Crippen MR) is 131 cm³/mol. The smallest absolute Gasteiger partial charge is 0.278 e. The fourth-order valence-corrected chi connectivity index (χ4v) is 6.23. The second-order valence-corrected chi connectivity index (χ2v) is 11.1. The molecular weight excluding hydrogens is 472 g/mol. The molecule has 0 unspecified atom stereocenters. The summed E-state index contributed by atoms with van der Waals surface area (Å²) in [4.78, 5) is 20.9. The third kappa shape index (κ3) is 6.12. The molecule has 0 bridgehead atoms. The van der Waals surface area contributed by atoms with Crippen LogP contribution in [0, 0.1) is 5.92 Å². The molecule has 2 aliphatic heterocycles. The van der Waals surface area contributed by atoms with Crippen LogP contribution >= 0.6 is 11.3 Å². The highest BCUT2D eigenvalue weighted by molar-refractivity contribution is 7.13. The molecule has 3 heterocycles. The lowest BCUT2D eigenvalue weighted by atomic mass is 9.84. The molecule has 5 rings (SSSR count). The molecule has 3 aliphatic rings. The number of benzene rings is 1. The van der Waals surface area contributed by atoms with E-state index in [1.807, 2.05) is 18.2 Å². The summed E-state index contributed by atoms with van der Waals surface area (Å²) in [5.74, 6) is -1.32. The molecule has 1 aromatic carbocycles. The Bertz CT molecular complexity index is 1050. The molecule has 1 N–H and O–H groups in total. The zero-order valence-electron chi connectivity index (χ0n) is 20.2. The van der Waals surface area contributed by atoms with Gasteiger partial charge in [0, 0.05) is 48.5 Å². The van der Waals surface area contributed by atoms with Crippen molar-refractivity contribution in [3.63, 3.8) is 0 Å². The van der Waals surface area contributed by atoms with Crippen molar-refractivity contribution in [1.82, 2.24) is 15.2 Å². The molecule has 1 fully saturated rings. The molecule has 0 saturated heterocycles. The van der Waals surface area contributed by atoms with E-state index in [2.05, 4.69) is 15.2 Å². The van der Waals surface area contributed by atoms with Gasteiger partial charge >= 0.3 is 0 Å². The van der Waals surface area contributed by atoms with E-state index in [9.17, 15) is 13.6 Å². The minimum absolute atomic E-state index is 0.0224. The first-order valence-electron chi connectivity index (χ1n) is 12.6. The first-order valence-corrected chi connectivity index (χ1v) is 13.4. The van der Waals surface area contributed by atoms with E-state index in [4.69, 9.17) is 9.47 Å². The monoisotopic (exact) mass is 505 g/mol. The number of hydrogen-bond acceptors (Lipinski definition) is 6. The van der Waals surface area contributed by atoms with Gasteiger partial charge in [0.05, 0.1) is 12.3 Å². The predicted octanol–water partition coefficient (Wildman–Crippen LogP) is 4.85. The summed E-state index contributed by atoms with van der Waals surface area (Å²) in [6, 6.07) is 5.96. The van der Waals surface area contributed by atoms with Gasteiger partial charge in [-0.1, -0.05) is 17.4 Å². The molecule has 2 aromatic rings. The average Bonchev–Trinajstić information content (AvgIpc) is 3.48. The lowest BCUT2D eigenvalue weighted by Crippen LogP contribution is -2.38. The van der Waals surface area contributed by atoms with Crippen molar-refractivity contribution < 1.29 is 23.0 Å². The minimum Gasteiger partial charge on any atom is -0.493 e. The van der Waals surface area contributed by atoms with Crippen LogP contribution in [0.3, 0.4) is 0 Å². The van der Waals surface area contributed by atoms with Gasteiger partial charge in [0.2, 0.25) is 0 Å². The molecule has 1 aliphatic carbocycles. The Hall–Kier alpha value is -2.26. The third-order valence-electron chi connectivity index (χ3n) is 7.26. The highest BCUT2D eigenvalue weighted by Gasteiger charge is 2.28. The quantitative estimate of drug-likeness (QED) is 0.556. The van der Waals surface area contributed by atoms with Crippen molar-refractivity contribution in [3.05, 3.63) is 39.9 Å². The maximum atomic E-state index is 13.1. The summed E-state index contributed by atoms with van der Waals surface area (Å²) in [6.45, 7) is 3.61. The summed E-state index contributed by atoms with van der Waals surface area (Å²) in [6.07, 6.45) is 7.11. The number of alkyl halides is 2. The van der Waals surface area contributed by atoms with Crippen LogP contribution in [-0.4, -0.2) is 54.1 Å². The Morgan fingerprint density at radius 2 is 2.11 bits per heavy atom. The normalized spacial score (nSPS) is 22.3. The van der Waals surface area contributed by atoms with Crippen molar-refractivity contribution in [1.29, 1.82) is 0 Å². The molecule has 190 valence electrons. The minimum atomic E-state index is -2.85. The van der Waals surface area contributed by atoms with Crippen LogP contribution in [0.1, 0.15) is 65.5 Å². The van der Waals surface area contributed by atoms with Gasteiger partial charge in [0.15, 0.2) is 6.61 Å². The topological polar surface area (TPSA) is 63.7 Å². The highest BCUT2D eigenvalue weighted by Crippen LogP contribution is 2.33. The molecule has 9 heteroatoms. The third-order valence-corrected chi connectivity index (χ3v) is 8.33. The SMILES string of the molecule is CC(F)(F)COc1nc2c(s1)CCN(CCC1CCC(NC(=O)c3cccc4c3CCO4)CC1)C2. The van der Waals surface area contributed by atoms with Gasteiger partial charge in [0.25, 0.3) is 17.0 Å². The second kappa shape index (κ2) is 10.4. The van der Waals surface area contributed by atoms with Crippen LogP contribution in [0.25, 0.3) is 0 Å². The van der Waals surface area contributed by atoms with Crippen molar-refractivity contribution >= 4 is 17.2 Å². The molecule has 0 atom stereocenters. The Morgan fingerprint density at radius 1 is 1.29 bits per heavy atom. The standard InChI is InChI=1S/C26H33F2N3O3S/c1-26(27,28)16-34-25-30-21-15-31(13-10-23(21)35-25)12-9-17-5-7-18(8-6-17)29-24(32)20-3-2-4-22-19(20)11-14-33-22/h2-4,17-18H,5-16H2,1H3,(H,29,32). The van der Waals surface area contributed by atoms with E-state index in [0.717, 1.165) is 99.0 Å². The van der Waals surface area contributed by atoms with Crippen LogP contribution in [0.2, 0.25) is 0 Å². The van der Waals surface area contributed by atoms with E-state index < -0.39 is 12.5 Å². The molecule has 6 nitrogen and oxygen atoms in total. The van der Waals surface area contributed by atoms with E-state index >= 15 is 0 Å². The number of thiazole rings is 1. The number of amides is 1. The van der Waals surface area contributed by atoms with Crippen molar-refractivity contribution in [3.8, 4) is 10.9 Å². The maximum absolute atomic E-state index is 13.1. The van der Waals surface area contributed by atoms with Crippen molar-refractivity contribution in [2.24, 2.45) is 5.92 Å². The van der Waals surface area contributed by atoms with E-state index in [1.165, 1.54) is 11.3 Å². The first-order chi connectivity index (χ1) is 16.8. The van der Waals surface area contributed by atoms with Gasteiger partial charge in [0.1, 0.15) is 5.75 Å². The van der Waals surface area contributed by atoms with E-state index in [-0.39, 0.29) is 11.9 Å². The number of aromatic nitrogens is 1. The fraction of sp³-hybridized carbons (Fsp3) is 0.615. The van der Waals surface area contributed by atoms with Crippen LogP contribution in [0.4, 0.5) is 8.78 Å². The number of fused-ring (bicyclic) bond motifs is 2.